The number of anilines is 1. The van der Waals surface area contributed by atoms with Gasteiger partial charge in [-0.05, 0) is 30.5 Å². The van der Waals surface area contributed by atoms with Crippen molar-refractivity contribution < 1.29 is 14.0 Å². The van der Waals surface area contributed by atoms with Crippen LogP contribution >= 0.6 is 0 Å². The van der Waals surface area contributed by atoms with Gasteiger partial charge in [0.25, 0.3) is 5.91 Å². The summed E-state index contributed by atoms with van der Waals surface area (Å²) < 4.78 is 13.3. The van der Waals surface area contributed by atoms with Crippen molar-refractivity contribution in [3.63, 3.8) is 0 Å². The van der Waals surface area contributed by atoms with Crippen LogP contribution in [0.4, 0.5) is 10.1 Å². The van der Waals surface area contributed by atoms with Crippen molar-refractivity contribution >= 4 is 17.5 Å². The van der Waals surface area contributed by atoms with Crippen LogP contribution in [-0.2, 0) is 4.79 Å². The Morgan fingerprint density at radius 2 is 2.00 bits per heavy atom. The molecule has 1 aromatic carbocycles. The first kappa shape index (κ1) is 16.1. The Morgan fingerprint density at radius 3 is 2.50 bits per heavy atom. The number of benzene rings is 1. The van der Waals surface area contributed by atoms with E-state index in [-0.39, 0.29) is 23.9 Å². The molecule has 0 saturated carbocycles. The number of nitrogens with one attached hydrogen (secondary N) is 1. The summed E-state index contributed by atoms with van der Waals surface area (Å²) in [5, 5.41) is 2.63. The number of carbonyl (C=O) groups excluding carboxylic acids is 2. The smallest absolute Gasteiger partial charge is 0.251 e. The molecule has 0 aliphatic heterocycles. The zero-order chi connectivity index (χ0) is 15.3. The Kier molecular flexibility index (Phi) is 5.64. The predicted octanol–water partition coefficient (Wildman–Crippen LogP) is 1.48. The van der Waals surface area contributed by atoms with Crippen LogP contribution in [0, 0.1) is 17.7 Å². The maximum atomic E-state index is 13.3. The Bertz CT molecular complexity index is 503. The zero-order valence-electron chi connectivity index (χ0n) is 11.7. The highest BCUT2D eigenvalue weighted by Gasteiger charge is 2.19. The van der Waals surface area contributed by atoms with Gasteiger partial charge in [-0.25, -0.2) is 4.39 Å². The summed E-state index contributed by atoms with van der Waals surface area (Å²) in [4.78, 5) is 23.1. The third-order valence-corrected chi connectivity index (χ3v) is 2.91. The largest absolute Gasteiger partial charge is 0.366 e. The van der Waals surface area contributed by atoms with Crippen molar-refractivity contribution in [3.8, 4) is 0 Å². The lowest BCUT2D eigenvalue weighted by Crippen LogP contribution is -2.30. The van der Waals surface area contributed by atoms with Gasteiger partial charge in [-0.15, -0.1) is 0 Å². The van der Waals surface area contributed by atoms with Gasteiger partial charge < -0.3 is 16.8 Å². The molecular formula is C14H20FN3O2. The first-order valence-corrected chi connectivity index (χ1v) is 6.45. The second-order valence-corrected chi connectivity index (χ2v) is 5.11. The van der Waals surface area contributed by atoms with Crippen LogP contribution in [0.2, 0.25) is 0 Å². The molecule has 0 fully saturated rings. The number of primary amides is 1. The Hall–Kier alpha value is -1.95. The van der Waals surface area contributed by atoms with E-state index in [0.29, 0.717) is 18.0 Å². The van der Waals surface area contributed by atoms with Crippen LogP contribution in [0.5, 0.6) is 0 Å². The summed E-state index contributed by atoms with van der Waals surface area (Å²) in [5.41, 5.74) is 10.7. The maximum Gasteiger partial charge on any atom is 0.251 e. The lowest BCUT2D eigenvalue weighted by atomic mass is 9.96. The zero-order valence-corrected chi connectivity index (χ0v) is 11.7. The summed E-state index contributed by atoms with van der Waals surface area (Å²) >= 11 is 0. The molecule has 0 aliphatic rings. The molecule has 2 amide bonds. The van der Waals surface area contributed by atoms with Crippen LogP contribution in [0.15, 0.2) is 18.2 Å². The predicted molar refractivity (Wildman–Crippen MR) is 75.5 cm³/mol. The number of amides is 2. The van der Waals surface area contributed by atoms with Crippen molar-refractivity contribution in [1.29, 1.82) is 0 Å². The number of hydrogen-bond donors (Lipinski definition) is 3. The fraction of sp³-hybridized carbons (Fsp3) is 0.429. The average molecular weight is 281 g/mol. The first-order valence-electron chi connectivity index (χ1n) is 6.45. The minimum atomic E-state index is -0.879. The van der Waals surface area contributed by atoms with Gasteiger partial charge in [0.2, 0.25) is 5.91 Å². The summed E-state index contributed by atoms with van der Waals surface area (Å²) in [6, 6.07) is 3.69. The van der Waals surface area contributed by atoms with Crippen LogP contribution in [-0.4, -0.2) is 18.4 Å². The fourth-order valence-electron chi connectivity index (χ4n) is 1.92. The number of halogens is 1. The number of rotatable bonds is 6. The molecule has 0 aliphatic carbocycles. The summed E-state index contributed by atoms with van der Waals surface area (Å²) in [5.74, 6) is -1.83. The lowest BCUT2D eigenvalue weighted by Gasteiger charge is -2.17. The molecule has 110 valence electrons. The quantitative estimate of drug-likeness (QED) is 0.736. The molecule has 0 radical (unpaired) electrons. The molecule has 1 unspecified atom stereocenters. The van der Waals surface area contributed by atoms with Crippen molar-refractivity contribution in [2.45, 2.75) is 20.3 Å². The SMILES string of the molecule is CC(C)CC(CN)C(=O)Nc1ccc(F)c(C(N)=O)c1. The van der Waals surface area contributed by atoms with Gasteiger partial charge in [0.05, 0.1) is 11.5 Å². The Labute approximate surface area is 117 Å². The maximum absolute atomic E-state index is 13.3. The van der Waals surface area contributed by atoms with Crippen LogP contribution in [0.1, 0.15) is 30.6 Å². The molecule has 20 heavy (non-hydrogen) atoms. The molecule has 1 aromatic rings. The number of carbonyl (C=O) groups is 2. The highest BCUT2D eigenvalue weighted by molar-refractivity contribution is 5.97. The Morgan fingerprint density at radius 1 is 1.35 bits per heavy atom. The monoisotopic (exact) mass is 281 g/mol. The minimum absolute atomic E-state index is 0.230. The summed E-state index contributed by atoms with van der Waals surface area (Å²) in [6.45, 7) is 4.23. The second-order valence-electron chi connectivity index (χ2n) is 5.11. The minimum Gasteiger partial charge on any atom is -0.366 e. The van der Waals surface area contributed by atoms with E-state index < -0.39 is 11.7 Å². The van der Waals surface area contributed by atoms with E-state index in [1.807, 2.05) is 13.8 Å². The highest BCUT2D eigenvalue weighted by Crippen LogP contribution is 2.17. The van der Waals surface area contributed by atoms with Gasteiger partial charge in [0, 0.05) is 12.2 Å². The van der Waals surface area contributed by atoms with E-state index in [1.54, 1.807) is 0 Å². The van der Waals surface area contributed by atoms with Crippen molar-refractivity contribution in [2.24, 2.45) is 23.3 Å². The standard InChI is InChI=1S/C14H20FN3O2/c1-8(2)5-9(7-16)14(20)18-10-3-4-12(15)11(6-10)13(17)19/h3-4,6,8-9H,5,7,16H2,1-2H3,(H2,17,19)(H,18,20). The molecule has 5 N–H and O–H groups in total. The molecule has 5 nitrogen and oxygen atoms in total. The highest BCUT2D eigenvalue weighted by atomic mass is 19.1. The second kappa shape index (κ2) is 7.00. The van der Waals surface area contributed by atoms with E-state index in [4.69, 9.17) is 11.5 Å². The van der Waals surface area contributed by atoms with E-state index in [0.717, 1.165) is 6.07 Å². The number of nitrogens with two attached hydrogens (primary N) is 2. The molecule has 6 heteroatoms. The molecular weight excluding hydrogens is 261 g/mol. The fourth-order valence-corrected chi connectivity index (χ4v) is 1.92. The molecule has 0 spiro atoms. The van der Waals surface area contributed by atoms with Crippen molar-refractivity contribution in [3.05, 3.63) is 29.6 Å². The third-order valence-electron chi connectivity index (χ3n) is 2.91. The van der Waals surface area contributed by atoms with E-state index in [2.05, 4.69) is 5.32 Å². The molecule has 0 heterocycles. The van der Waals surface area contributed by atoms with Gasteiger partial charge in [-0.2, -0.15) is 0 Å². The molecule has 0 aromatic heterocycles. The third kappa shape index (κ3) is 4.31. The topological polar surface area (TPSA) is 98.2 Å². The van der Waals surface area contributed by atoms with E-state index >= 15 is 0 Å². The summed E-state index contributed by atoms with van der Waals surface area (Å²) in [6.07, 6.45) is 0.659. The lowest BCUT2D eigenvalue weighted by molar-refractivity contribution is -0.120. The molecule has 0 bridgehead atoms. The molecule has 1 rings (SSSR count). The average Bonchev–Trinajstić information content (AvgIpc) is 2.37. The Balaban J connectivity index is 2.84. The van der Waals surface area contributed by atoms with Crippen molar-refractivity contribution in [2.75, 3.05) is 11.9 Å². The van der Waals surface area contributed by atoms with Gasteiger partial charge >= 0.3 is 0 Å². The van der Waals surface area contributed by atoms with E-state index in [1.165, 1.54) is 12.1 Å². The molecule has 0 saturated heterocycles. The van der Waals surface area contributed by atoms with Gasteiger partial charge in [-0.1, -0.05) is 13.8 Å². The molecule has 1 atom stereocenters. The van der Waals surface area contributed by atoms with E-state index in [9.17, 15) is 14.0 Å². The normalized spacial score (nSPS) is 12.2. The van der Waals surface area contributed by atoms with Crippen LogP contribution < -0.4 is 16.8 Å². The van der Waals surface area contributed by atoms with Gasteiger partial charge in [0.1, 0.15) is 5.82 Å². The van der Waals surface area contributed by atoms with Gasteiger partial charge in [0.15, 0.2) is 0 Å². The first-order chi connectivity index (χ1) is 9.35. The van der Waals surface area contributed by atoms with Crippen LogP contribution in [0.25, 0.3) is 0 Å². The number of hydrogen-bond acceptors (Lipinski definition) is 3. The van der Waals surface area contributed by atoms with Crippen molar-refractivity contribution in [1.82, 2.24) is 0 Å². The van der Waals surface area contributed by atoms with Crippen LogP contribution in [0.3, 0.4) is 0 Å². The summed E-state index contributed by atoms with van der Waals surface area (Å²) in [7, 11) is 0. The van der Waals surface area contributed by atoms with Gasteiger partial charge in [-0.3, -0.25) is 9.59 Å².